The van der Waals surface area contributed by atoms with E-state index < -0.39 is 0 Å². The van der Waals surface area contributed by atoms with E-state index in [0.29, 0.717) is 5.75 Å². The van der Waals surface area contributed by atoms with Crippen LogP contribution in [0.4, 0.5) is 0 Å². The van der Waals surface area contributed by atoms with Crippen LogP contribution in [0.3, 0.4) is 0 Å². The standard InChI is InChI=1S/C44H30O/c45-44-41(35-25-23-33(24-26-35)31-13-5-2-6-14-31)28-37-16-8-10-18-40(37)43(44)42-29-38(27-36-15-7-9-17-39(36)42)34-21-19-32(20-22-34)30-11-3-1-4-12-30/h1-29,45H. The maximum Gasteiger partial charge on any atom is 0.131 e. The maximum atomic E-state index is 12.2. The molecule has 0 atom stereocenters. The fourth-order valence-corrected chi connectivity index (χ4v) is 6.47. The van der Waals surface area contributed by atoms with E-state index in [0.717, 1.165) is 60.5 Å². The molecule has 0 amide bonds. The van der Waals surface area contributed by atoms with Gasteiger partial charge in [0.2, 0.25) is 0 Å². The van der Waals surface area contributed by atoms with Crippen LogP contribution in [0.5, 0.6) is 5.75 Å². The normalized spacial score (nSPS) is 11.2. The molecule has 8 rings (SSSR count). The van der Waals surface area contributed by atoms with Gasteiger partial charge in [0.05, 0.1) is 0 Å². The van der Waals surface area contributed by atoms with Crippen molar-refractivity contribution in [3.05, 3.63) is 176 Å². The number of hydrogen-bond donors (Lipinski definition) is 1. The minimum absolute atomic E-state index is 0.294. The molecular weight excluding hydrogens is 544 g/mol. The van der Waals surface area contributed by atoms with Gasteiger partial charge in [-0.05, 0) is 84.3 Å². The number of benzene rings is 8. The summed E-state index contributed by atoms with van der Waals surface area (Å²) in [6.45, 7) is 0. The lowest BCUT2D eigenvalue weighted by atomic mass is 9.87. The first kappa shape index (κ1) is 26.7. The number of aromatic hydroxyl groups is 1. The van der Waals surface area contributed by atoms with E-state index in [2.05, 4.69) is 158 Å². The summed E-state index contributed by atoms with van der Waals surface area (Å²) in [5, 5.41) is 16.5. The molecule has 0 unspecified atom stereocenters. The van der Waals surface area contributed by atoms with Crippen molar-refractivity contribution in [3.8, 4) is 61.4 Å². The summed E-state index contributed by atoms with van der Waals surface area (Å²) in [7, 11) is 0. The quantitative estimate of drug-likeness (QED) is 0.217. The molecule has 0 saturated carbocycles. The van der Waals surface area contributed by atoms with Crippen LogP contribution in [0, 0.1) is 0 Å². The summed E-state index contributed by atoms with van der Waals surface area (Å²) in [5.74, 6) is 0.294. The molecule has 0 fully saturated rings. The van der Waals surface area contributed by atoms with Crippen LogP contribution in [-0.4, -0.2) is 5.11 Å². The van der Waals surface area contributed by atoms with Crippen molar-refractivity contribution in [2.45, 2.75) is 0 Å². The van der Waals surface area contributed by atoms with Crippen molar-refractivity contribution in [3.63, 3.8) is 0 Å². The first-order valence-corrected chi connectivity index (χ1v) is 15.3. The van der Waals surface area contributed by atoms with Gasteiger partial charge < -0.3 is 5.11 Å². The molecule has 212 valence electrons. The summed E-state index contributed by atoms with van der Waals surface area (Å²) >= 11 is 0. The van der Waals surface area contributed by atoms with Gasteiger partial charge in [-0.1, -0.05) is 158 Å². The van der Waals surface area contributed by atoms with Gasteiger partial charge in [-0.3, -0.25) is 0 Å². The molecule has 8 aromatic carbocycles. The largest absolute Gasteiger partial charge is 0.507 e. The Morgan fingerprint density at radius 1 is 0.289 bits per heavy atom. The Bertz CT molecular complexity index is 2280. The van der Waals surface area contributed by atoms with Crippen LogP contribution in [0.15, 0.2) is 176 Å². The van der Waals surface area contributed by atoms with Gasteiger partial charge in [-0.15, -0.1) is 0 Å². The van der Waals surface area contributed by atoms with Crippen LogP contribution < -0.4 is 0 Å². The molecule has 0 heterocycles. The summed E-state index contributed by atoms with van der Waals surface area (Å²) < 4.78 is 0. The molecule has 0 aliphatic rings. The minimum Gasteiger partial charge on any atom is -0.507 e. The molecule has 0 bridgehead atoms. The summed E-state index contributed by atoms with van der Waals surface area (Å²) in [6, 6.07) is 61.5. The zero-order valence-corrected chi connectivity index (χ0v) is 24.7. The Labute approximate surface area is 263 Å². The van der Waals surface area contributed by atoms with Gasteiger partial charge >= 0.3 is 0 Å². The van der Waals surface area contributed by atoms with Crippen LogP contribution in [0.1, 0.15) is 0 Å². The van der Waals surface area contributed by atoms with Crippen molar-refractivity contribution in [2.24, 2.45) is 0 Å². The van der Waals surface area contributed by atoms with Gasteiger partial charge in [-0.25, -0.2) is 0 Å². The third-order valence-corrected chi connectivity index (χ3v) is 8.78. The second-order valence-electron chi connectivity index (χ2n) is 11.5. The zero-order valence-electron chi connectivity index (χ0n) is 24.7. The molecule has 0 aromatic heterocycles. The fourth-order valence-electron chi connectivity index (χ4n) is 6.47. The highest BCUT2D eigenvalue weighted by Crippen LogP contribution is 2.47. The molecule has 1 nitrogen and oxygen atoms in total. The predicted octanol–water partition coefficient (Wildman–Crippen LogP) is 12.0. The zero-order chi connectivity index (χ0) is 30.2. The lowest BCUT2D eigenvalue weighted by Gasteiger charge is -2.18. The predicted molar refractivity (Wildman–Crippen MR) is 190 cm³/mol. The first-order valence-electron chi connectivity index (χ1n) is 15.3. The molecule has 0 aliphatic heterocycles. The van der Waals surface area contributed by atoms with Crippen molar-refractivity contribution < 1.29 is 5.11 Å². The van der Waals surface area contributed by atoms with Crippen LogP contribution in [0.25, 0.3) is 77.2 Å². The lowest BCUT2D eigenvalue weighted by molar-refractivity contribution is 0.480. The van der Waals surface area contributed by atoms with Crippen LogP contribution in [-0.2, 0) is 0 Å². The molecule has 1 N–H and O–H groups in total. The van der Waals surface area contributed by atoms with E-state index in [4.69, 9.17) is 0 Å². The first-order chi connectivity index (χ1) is 22.2. The van der Waals surface area contributed by atoms with Gasteiger partial charge in [0.1, 0.15) is 5.75 Å². The molecule has 0 saturated heterocycles. The van der Waals surface area contributed by atoms with Crippen molar-refractivity contribution in [2.75, 3.05) is 0 Å². The van der Waals surface area contributed by atoms with Crippen LogP contribution in [0.2, 0.25) is 0 Å². The Balaban J connectivity index is 1.31. The molecule has 0 aliphatic carbocycles. The Morgan fingerprint density at radius 2 is 0.711 bits per heavy atom. The maximum absolute atomic E-state index is 12.2. The molecule has 0 spiro atoms. The van der Waals surface area contributed by atoms with Gasteiger partial charge in [0.15, 0.2) is 0 Å². The van der Waals surface area contributed by atoms with Crippen LogP contribution >= 0.6 is 0 Å². The van der Waals surface area contributed by atoms with Gasteiger partial charge in [-0.2, -0.15) is 0 Å². The Morgan fingerprint density at radius 3 is 1.29 bits per heavy atom. The van der Waals surface area contributed by atoms with E-state index >= 15 is 0 Å². The Hall–Kier alpha value is -5.92. The second kappa shape index (κ2) is 11.3. The van der Waals surface area contributed by atoms with Crippen molar-refractivity contribution >= 4 is 21.5 Å². The lowest BCUT2D eigenvalue weighted by Crippen LogP contribution is -1.91. The second-order valence-corrected chi connectivity index (χ2v) is 11.5. The molecule has 8 aromatic rings. The third kappa shape index (κ3) is 4.95. The highest BCUT2D eigenvalue weighted by atomic mass is 16.3. The van der Waals surface area contributed by atoms with E-state index in [9.17, 15) is 5.11 Å². The van der Waals surface area contributed by atoms with E-state index in [1.807, 2.05) is 18.2 Å². The van der Waals surface area contributed by atoms with E-state index in [1.54, 1.807) is 0 Å². The highest BCUT2D eigenvalue weighted by Gasteiger charge is 2.19. The molecule has 0 radical (unpaired) electrons. The topological polar surface area (TPSA) is 20.2 Å². The minimum atomic E-state index is 0.294. The number of rotatable bonds is 5. The monoisotopic (exact) mass is 574 g/mol. The number of phenols is 1. The van der Waals surface area contributed by atoms with Crippen molar-refractivity contribution in [1.29, 1.82) is 0 Å². The van der Waals surface area contributed by atoms with E-state index in [1.165, 1.54) is 16.7 Å². The fraction of sp³-hybridized carbons (Fsp3) is 0. The summed E-state index contributed by atoms with van der Waals surface area (Å²) in [5.41, 5.74) is 10.7. The smallest absolute Gasteiger partial charge is 0.131 e. The molecule has 1 heteroatoms. The molecule has 45 heavy (non-hydrogen) atoms. The van der Waals surface area contributed by atoms with E-state index in [-0.39, 0.29) is 0 Å². The van der Waals surface area contributed by atoms with Gasteiger partial charge in [0.25, 0.3) is 0 Å². The molecular formula is C44H30O. The van der Waals surface area contributed by atoms with Crippen molar-refractivity contribution in [1.82, 2.24) is 0 Å². The highest BCUT2D eigenvalue weighted by molar-refractivity contribution is 6.11. The Kier molecular flexibility index (Phi) is 6.70. The van der Waals surface area contributed by atoms with Gasteiger partial charge in [0, 0.05) is 11.1 Å². The summed E-state index contributed by atoms with van der Waals surface area (Å²) in [6.07, 6.45) is 0. The number of fused-ring (bicyclic) bond motifs is 2. The summed E-state index contributed by atoms with van der Waals surface area (Å²) in [4.78, 5) is 0. The average molecular weight is 575 g/mol. The SMILES string of the molecule is Oc1c(-c2ccc(-c3ccccc3)cc2)cc2ccccc2c1-c1cc(-c2ccc(-c3ccccc3)cc2)cc2ccccc12. The average Bonchev–Trinajstić information content (AvgIpc) is 3.12. The third-order valence-electron chi connectivity index (χ3n) is 8.78. The number of hydrogen-bond acceptors (Lipinski definition) is 1. The number of phenolic OH excluding ortho intramolecular Hbond substituents is 1.